The number of anilines is 1. The second kappa shape index (κ2) is 10.2. The van der Waals surface area contributed by atoms with Crippen LogP contribution in [-0.4, -0.2) is 28.4 Å². The Bertz CT molecular complexity index is 1320. The van der Waals surface area contributed by atoms with Gasteiger partial charge in [-0.2, -0.15) is 0 Å². The van der Waals surface area contributed by atoms with Crippen molar-refractivity contribution in [1.82, 2.24) is 14.7 Å². The molecule has 0 spiro atoms. The molecule has 2 aromatic carbocycles. The molecule has 4 aromatic rings. The van der Waals surface area contributed by atoms with Gasteiger partial charge in [0.25, 0.3) is 5.91 Å². The van der Waals surface area contributed by atoms with Gasteiger partial charge in [-0.25, -0.2) is 4.98 Å². The molecular formula is C29H33N4OP. The number of nitrogens with one attached hydrogen (secondary N) is 1. The summed E-state index contributed by atoms with van der Waals surface area (Å²) in [6.07, 6.45) is 5.00. The van der Waals surface area contributed by atoms with Crippen LogP contribution >= 0.6 is 9.24 Å². The normalized spacial score (nSPS) is 14.4. The number of fused-ring (bicyclic) bond motifs is 1. The Morgan fingerprint density at radius 3 is 2.46 bits per heavy atom. The van der Waals surface area contributed by atoms with Crippen LogP contribution in [0.4, 0.5) is 5.69 Å². The summed E-state index contributed by atoms with van der Waals surface area (Å²) < 4.78 is 1.89. The molecule has 5 rings (SSSR count). The van der Waals surface area contributed by atoms with Crippen molar-refractivity contribution >= 4 is 31.8 Å². The van der Waals surface area contributed by atoms with Crippen LogP contribution in [0.15, 0.2) is 66.9 Å². The summed E-state index contributed by atoms with van der Waals surface area (Å²) in [5.41, 5.74) is 7.22. The smallest absolute Gasteiger partial charge is 0.270 e. The lowest BCUT2D eigenvalue weighted by Gasteiger charge is -2.34. The van der Waals surface area contributed by atoms with Gasteiger partial charge in [-0.3, -0.25) is 9.20 Å². The quantitative estimate of drug-likeness (QED) is 0.391. The van der Waals surface area contributed by atoms with Gasteiger partial charge in [0.15, 0.2) is 0 Å². The first-order valence-corrected chi connectivity index (χ1v) is 13.0. The number of nitrogens with zero attached hydrogens (tertiary/aromatic N) is 3. The molecule has 1 aliphatic heterocycles. The highest BCUT2D eigenvalue weighted by atomic mass is 31.0. The van der Waals surface area contributed by atoms with E-state index in [2.05, 4.69) is 73.0 Å². The van der Waals surface area contributed by atoms with Crippen LogP contribution in [0.25, 0.3) is 5.65 Å². The summed E-state index contributed by atoms with van der Waals surface area (Å²) >= 11 is 0. The summed E-state index contributed by atoms with van der Waals surface area (Å²) in [5, 5.41) is 4.33. The largest absolute Gasteiger partial charge is 0.371 e. The van der Waals surface area contributed by atoms with Crippen LogP contribution in [0, 0.1) is 6.92 Å². The number of carbonyl (C=O) groups excluding carboxylic acids is 1. The number of imidazole rings is 1. The van der Waals surface area contributed by atoms with Crippen molar-refractivity contribution in [3.05, 3.63) is 94.9 Å². The van der Waals surface area contributed by atoms with Gasteiger partial charge in [-0.05, 0) is 78.4 Å². The van der Waals surface area contributed by atoms with Crippen LogP contribution in [-0.2, 0) is 13.0 Å². The molecule has 3 heterocycles. The van der Waals surface area contributed by atoms with Gasteiger partial charge in [0, 0.05) is 31.5 Å². The molecule has 35 heavy (non-hydrogen) atoms. The van der Waals surface area contributed by atoms with E-state index < -0.39 is 0 Å². The van der Waals surface area contributed by atoms with Gasteiger partial charge in [-0.15, -0.1) is 9.24 Å². The Balaban J connectivity index is 1.19. The van der Waals surface area contributed by atoms with Gasteiger partial charge in [-0.1, -0.05) is 43.3 Å². The minimum atomic E-state index is -0.0842. The third-order valence-corrected chi connectivity index (χ3v) is 7.45. The van der Waals surface area contributed by atoms with Crippen molar-refractivity contribution in [1.29, 1.82) is 0 Å². The summed E-state index contributed by atoms with van der Waals surface area (Å²) in [7, 11) is 2.76. The second-order valence-electron chi connectivity index (χ2n) is 9.47. The lowest BCUT2D eigenvalue weighted by atomic mass is 9.89. The lowest BCUT2D eigenvalue weighted by Crippen LogP contribution is -2.32. The first-order valence-electron chi connectivity index (χ1n) is 12.5. The number of pyridine rings is 1. The maximum atomic E-state index is 13.1. The van der Waals surface area contributed by atoms with E-state index in [0.717, 1.165) is 42.0 Å². The molecular weight excluding hydrogens is 451 g/mol. The monoisotopic (exact) mass is 484 g/mol. The fourth-order valence-corrected chi connectivity index (χ4v) is 5.20. The van der Waals surface area contributed by atoms with E-state index in [0.29, 0.717) is 18.2 Å². The van der Waals surface area contributed by atoms with Crippen molar-refractivity contribution in [2.75, 3.05) is 18.0 Å². The molecule has 0 radical (unpaired) electrons. The maximum Gasteiger partial charge on any atom is 0.270 e. The van der Waals surface area contributed by atoms with Gasteiger partial charge in [0.2, 0.25) is 0 Å². The Morgan fingerprint density at radius 1 is 1.06 bits per heavy atom. The molecule has 0 aliphatic carbocycles. The first kappa shape index (κ1) is 23.6. The molecule has 1 atom stereocenters. The van der Waals surface area contributed by atoms with Crippen molar-refractivity contribution in [3.8, 4) is 0 Å². The number of hydrogen-bond acceptors (Lipinski definition) is 3. The van der Waals surface area contributed by atoms with E-state index in [4.69, 9.17) is 0 Å². The maximum absolute atomic E-state index is 13.1. The Hall–Kier alpha value is -3.17. The number of benzene rings is 2. The van der Waals surface area contributed by atoms with E-state index >= 15 is 0 Å². The van der Waals surface area contributed by atoms with Crippen molar-refractivity contribution in [3.63, 3.8) is 0 Å². The van der Waals surface area contributed by atoms with Gasteiger partial charge in [0.05, 0.1) is 5.69 Å². The molecule has 1 saturated heterocycles. The minimum Gasteiger partial charge on any atom is -0.371 e. The molecule has 1 fully saturated rings. The summed E-state index contributed by atoms with van der Waals surface area (Å²) in [4.78, 5) is 20.2. The number of aromatic nitrogens is 2. The van der Waals surface area contributed by atoms with Crippen LogP contribution in [0.3, 0.4) is 0 Å². The average molecular weight is 485 g/mol. The van der Waals surface area contributed by atoms with E-state index in [9.17, 15) is 4.79 Å². The number of aryl methyl sites for hydroxylation is 2. The first-order chi connectivity index (χ1) is 17.0. The van der Waals surface area contributed by atoms with Crippen molar-refractivity contribution < 1.29 is 4.79 Å². The second-order valence-corrected chi connectivity index (χ2v) is 10.1. The van der Waals surface area contributed by atoms with E-state index in [1.165, 1.54) is 29.4 Å². The molecule has 0 saturated carbocycles. The zero-order chi connectivity index (χ0) is 24.4. The van der Waals surface area contributed by atoms with Crippen LogP contribution in [0.5, 0.6) is 0 Å². The average Bonchev–Trinajstić information content (AvgIpc) is 3.26. The van der Waals surface area contributed by atoms with E-state index in [1.807, 2.05) is 36.6 Å². The highest BCUT2D eigenvalue weighted by Crippen LogP contribution is 2.30. The van der Waals surface area contributed by atoms with Crippen molar-refractivity contribution in [2.45, 2.75) is 45.6 Å². The highest BCUT2D eigenvalue weighted by molar-refractivity contribution is 7.27. The van der Waals surface area contributed by atoms with Crippen molar-refractivity contribution in [2.24, 2.45) is 0 Å². The van der Waals surface area contributed by atoms with Gasteiger partial charge in [0.1, 0.15) is 11.3 Å². The fourth-order valence-electron chi connectivity index (χ4n) is 5.01. The third-order valence-electron chi connectivity index (χ3n) is 7.06. The molecule has 6 heteroatoms. The predicted octanol–water partition coefficient (Wildman–Crippen LogP) is 5.02. The molecule has 1 aliphatic rings. The zero-order valence-corrected chi connectivity index (χ0v) is 21.7. The standard InChI is InChI=1S/C29H33N4OP/c1-3-26-28(33-17-12-20(2)18-27(33)31-26)29(34)30-19-21-4-8-24(9-5-21)32-15-13-23(14-16-32)22-6-10-25(35)11-7-22/h4-12,17-18,23H,3,13-16,19,35H2,1-2H3,(H,30,34). The molecule has 1 amide bonds. The minimum absolute atomic E-state index is 0.0842. The number of carbonyl (C=O) groups is 1. The summed E-state index contributed by atoms with van der Waals surface area (Å²) in [6, 6.07) is 21.5. The lowest BCUT2D eigenvalue weighted by molar-refractivity contribution is 0.0944. The topological polar surface area (TPSA) is 49.6 Å². The summed E-state index contributed by atoms with van der Waals surface area (Å²) in [5.74, 6) is 0.557. The Kier molecular flexibility index (Phi) is 6.88. The molecule has 0 bridgehead atoms. The molecule has 5 nitrogen and oxygen atoms in total. The third kappa shape index (κ3) is 5.11. The van der Waals surface area contributed by atoms with E-state index in [-0.39, 0.29) is 5.91 Å². The highest BCUT2D eigenvalue weighted by Gasteiger charge is 2.21. The summed E-state index contributed by atoms with van der Waals surface area (Å²) in [6.45, 7) is 6.70. The predicted molar refractivity (Wildman–Crippen MR) is 147 cm³/mol. The fraction of sp³-hybridized carbons (Fsp3) is 0.310. The van der Waals surface area contributed by atoms with Crippen LogP contribution < -0.4 is 15.5 Å². The zero-order valence-electron chi connectivity index (χ0n) is 20.5. The molecule has 2 aromatic heterocycles. The molecule has 1 unspecified atom stereocenters. The molecule has 180 valence electrons. The number of hydrogen-bond donors (Lipinski definition) is 1. The van der Waals surface area contributed by atoms with E-state index in [1.54, 1.807) is 0 Å². The van der Waals surface area contributed by atoms with Gasteiger partial charge < -0.3 is 10.2 Å². The number of piperidine rings is 1. The number of rotatable bonds is 6. The van der Waals surface area contributed by atoms with Gasteiger partial charge >= 0.3 is 0 Å². The Labute approximate surface area is 209 Å². The van der Waals surface area contributed by atoms with Crippen LogP contribution in [0.2, 0.25) is 0 Å². The molecule has 1 N–H and O–H groups in total. The number of amides is 1. The van der Waals surface area contributed by atoms with Crippen LogP contribution in [0.1, 0.15) is 58.6 Å². The Morgan fingerprint density at radius 2 is 1.77 bits per heavy atom. The SMILES string of the molecule is CCc1nc2cc(C)ccn2c1C(=O)NCc1ccc(N2CCC(c3ccc(P)cc3)CC2)cc1.